The molecular formula is C14H31N4O4P. The minimum absolute atomic E-state index is 0.0811. The van der Waals surface area contributed by atoms with Crippen LogP contribution in [0.4, 0.5) is 0 Å². The molecule has 0 bridgehead atoms. The predicted octanol–water partition coefficient (Wildman–Crippen LogP) is -0.494. The quantitative estimate of drug-likeness (QED) is 0.503. The average molecular weight is 350 g/mol. The first kappa shape index (κ1) is 20.5. The van der Waals surface area contributed by atoms with E-state index in [9.17, 15) is 14.3 Å². The van der Waals surface area contributed by atoms with Crippen molar-refractivity contribution in [2.75, 3.05) is 71.9 Å². The molecule has 1 unspecified atom stereocenters. The van der Waals surface area contributed by atoms with Gasteiger partial charge in [-0.2, -0.15) is 0 Å². The maximum atomic E-state index is 11.6. The summed E-state index contributed by atoms with van der Waals surface area (Å²) in [4.78, 5) is 24.4. The zero-order chi connectivity index (χ0) is 17.1. The van der Waals surface area contributed by atoms with Crippen molar-refractivity contribution in [3.63, 3.8) is 0 Å². The van der Waals surface area contributed by atoms with E-state index in [2.05, 4.69) is 10.6 Å². The Morgan fingerprint density at radius 1 is 1.00 bits per heavy atom. The maximum Gasteiger partial charge on any atom is 0.317 e. The smallest absolute Gasteiger partial charge is 0.317 e. The maximum absolute atomic E-state index is 11.6. The van der Waals surface area contributed by atoms with E-state index in [1.165, 1.54) is 6.66 Å². The molecule has 1 atom stereocenters. The standard InChI is InChI=1S/C14H31N4O4P/c1-23(21,22)13-18-9-3-5-15-6-10-17(12-14(19)20)8-2-4-16-7-11-18/h15-16H,2-13H2,1H3,(H,19,20)(H,21,22). The lowest BCUT2D eigenvalue weighted by Crippen LogP contribution is -2.40. The summed E-state index contributed by atoms with van der Waals surface area (Å²) in [5.74, 6) is -0.789. The summed E-state index contributed by atoms with van der Waals surface area (Å²) in [5.41, 5.74) is 0. The second kappa shape index (κ2) is 11.1. The van der Waals surface area contributed by atoms with Gasteiger partial charge < -0.3 is 20.6 Å². The van der Waals surface area contributed by atoms with E-state index in [1.54, 1.807) is 0 Å². The minimum Gasteiger partial charge on any atom is -0.480 e. The van der Waals surface area contributed by atoms with Crippen molar-refractivity contribution in [1.29, 1.82) is 0 Å². The van der Waals surface area contributed by atoms with Gasteiger partial charge in [0.05, 0.1) is 12.8 Å². The summed E-state index contributed by atoms with van der Waals surface area (Å²) in [5, 5.41) is 15.6. The van der Waals surface area contributed by atoms with Crippen LogP contribution in [0.3, 0.4) is 0 Å². The van der Waals surface area contributed by atoms with Crippen molar-refractivity contribution in [3.05, 3.63) is 0 Å². The highest BCUT2D eigenvalue weighted by atomic mass is 31.2. The van der Waals surface area contributed by atoms with Crippen LogP contribution in [0.15, 0.2) is 0 Å². The summed E-state index contributed by atoms with van der Waals surface area (Å²) in [7, 11) is -3.03. The molecule has 136 valence electrons. The molecule has 4 N–H and O–H groups in total. The Bertz CT molecular complexity index is 375. The van der Waals surface area contributed by atoms with Gasteiger partial charge in [-0.15, -0.1) is 0 Å². The molecule has 0 aromatic carbocycles. The number of carboxylic acids is 1. The van der Waals surface area contributed by atoms with Crippen molar-refractivity contribution in [2.45, 2.75) is 12.8 Å². The van der Waals surface area contributed by atoms with Gasteiger partial charge in [-0.05, 0) is 39.0 Å². The van der Waals surface area contributed by atoms with Crippen LogP contribution in [0.5, 0.6) is 0 Å². The van der Waals surface area contributed by atoms with E-state index in [4.69, 9.17) is 5.11 Å². The third-order valence-electron chi connectivity index (χ3n) is 3.69. The first-order chi connectivity index (χ1) is 10.9. The second-order valence-electron chi connectivity index (χ2n) is 6.19. The lowest BCUT2D eigenvalue weighted by Gasteiger charge is -2.25. The normalized spacial score (nSPS) is 23.7. The Morgan fingerprint density at radius 2 is 1.52 bits per heavy atom. The Labute approximate surface area is 138 Å². The third-order valence-corrected chi connectivity index (χ3v) is 4.61. The Balaban J connectivity index is 2.42. The van der Waals surface area contributed by atoms with Crippen molar-refractivity contribution in [3.8, 4) is 0 Å². The molecule has 1 aliphatic rings. The van der Waals surface area contributed by atoms with Crippen LogP contribution < -0.4 is 10.6 Å². The van der Waals surface area contributed by atoms with Crippen LogP contribution in [0.2, 0.25) is 0 Å². The van der Waals surface area contributed by atoms with Gasteiger partial charge in [-0.1, -0.05) is 0 Å². The average Bonchev–Trinajstić information content (AvgIpc) is 2.42. The van der Waals surface area contributed by atoms with Gasteiger partial charge in [0.2, 0.25) is 7.37 Å². The molecule has 1 rings (SSSR count). The molecule has 0 spiro atoms. The predicted molar refractivity (Wildman–Crippen MR) is 91.2 cm³/mol. The highest BCUT2D eigenvalue weighted by Crippen LogP contribution is 2.35. The van der Waals surface area contributed by atoms with Gasteiger partial charge in [-0.3, -0.25) is 19.2 Å². The van der Waals surface area contributed by atoms with Gasteiger partial charge >= 0.3 is 5.97 Å². The summed E-state index contributed by atoms with van der Waals surface area (Å²) in [6.07, 6.45) is 2.03. The summed E-state index contributed by atoms with van der Waals surface area (Å²) >= 11 is 0. The van der Waals surface area contributed by atoms with Crippen molar-refractivity contribution in [2.24, 2.45) is 0 Å². The van der Waals surface area contributed by atoms with Crippen molar-refractivity contribution >= 4 is 13.3 Å². The van der Waals surface area contributed by atoms with E-state index in [0.717, 1.165) is 65.2 Å². The first-order valence-corrected chi connectivity index (χ1v) is 10.5. The van der Waals surface area contributed by atoms with Gasteiger partial charge in [-0.25, -0.2) is 0 Å². The zero-order valence-electron chi connectivity index (χ0n) is 14.0. The van der Waals surface area contributed by atoms with Gasteiger partial charge in [0.1, 0.15) is 0 Å². The minimum atomic E-state index is -3.03. The van der Waals surface area contributed by atoms with Crippen LogP contribution >= 0.6 is 7.37 Å². The number of carbonyl (C=O) groups is 1. The van der Waals surface area contributed by atoms with Crippen molar-refractivity contribution < 1.29 is 19.4 Å². The number of hydrogen-bond acceptors (Lipinski definition) is 6. The Kier molecular flexibility index (Phi) is 9.94. The molecular weight excluding hydrogens is 319 g/mol. The van der Waals surface area contributed by atoms with Crippen LogP contribution in [0, 0.1) is 0 Å². The van der Waals surface area contributed by atoms with E-state index < -0.39 is 13.3 Å². The molecule has 8 nitrogen and oxygen atoms in total. The molecule has 1 heterocycles. The van der Waals surface area contributed by atoms with Gasteiger partial charge in [0.15, 0.2) is 0 Å². The monoisotopic (exact) mass is 350 g/mol. The summed E-state index contributed by atoms with van der Waals surface area (Å²) < 4.78 is 11.6. The van der Waals surface area contributed by atoms with Crippen LogP contribution in [-0.2, 0) is 9.36 Å². The van der Waals surface area contributed by atoms with E-state index >= 15 is 0 Å². The zero-order valence-corrected chi connectivity index (χ0v) is 14.9. The largest absolute Gasteiger partial charge is 0.480 e. The fourth-order valence-electron chi connectivity index (χ4n) is 2.67. The molecule has 0 aromatic heterocycles. The van der Waals surface area contributed by atoms with Crippen LogP contribution in [0.25, 0.3) is 0 Å². The van der Waals surface area contributed by atoms with Crippen molar-refractivity contribution in [1.82, 2.24) is 20.4 Å². The SMILES string of the molecule is CP(=O)(O)CN1CCCNCCN(CC(=O)O)CCCNCC1. The molecule has 1 fully saturated rings. The van der Waals surface area contributed by atoms with E-state index in [-0.39, 0.29) is 12.8 Å². The second-order valence-corrected chi connectivity index (χ2v) is 8.57. The number of aliphatic carboxylic acids is 1. The highest BCUT2D eigenvalue weighted by Gasteiger charge is 2.16. The number of rotatable bonds is 4. The molecule has 1 aliphatic heterocycles. The fourth-order valence-corrected chi connectivity index (χ4v) is 3.69. The Hall–Kier alpha value is -0.500. The lowest BCUT2D eigenvalue weighted by molar-refractivity contribution is -0.138. The fraction of sp³-hybridized carbons (Fsp3) is 0.929. The highest BCUT2D eigenvalue weighted by molar-refractivity contribution is 7.57. The topological polar surface area (TPSA) is 105 Å². The van der Waals surface area contributed by atoms with Gasteiger partial charge in [0, 0.05) is 32.8 Å². The van der Waals surface area contributed by atoms with Gasteiger partial charge in [0.25, 0.3) is 0 Å². The molecule has 0 aliphatic carbocycles. The number of hydrogen-bond donors (Lipinski definition) is 4. The van der Waals surface area contributed by atoms with Crippen LogP contribution in [0.1, 0.15) is 12.8 Å². The van der Waals surface area contributed by atoms with E-state index in [1.807, 2.05) is 9.80 Å². The molecule has 0 amide bonds. The molecule has 23 heavy (non-hydrogen) atoms. The van der Waals surface area contributed by atoms with E-state index in [0.29, 0.717) is 0 Å². The summed E-state index contributed by atoms with van der Waals surface area (Å²) in [6, 6.07) is 0. The molecule has 9 heteroatoms. The molecule has 0 radical (unpaired) electrons. The molecule has 1 saturated heterocycles. The lowest BCUT2D eigenvalue weighted by atomic mass is 10.3. The molecule has 0 saturated carbocycles. The first-order valence-electron chi connectivity index (χ1n) is 8.24. The summed E-state index contributed by atoms with van der Waals surface area (Å²) in [6.45, 7) is 7.66. The number of carboxylic acid groups (broad SMARTS) is 1. The number of nitrogens with one attached hydrogen (secondary N) is 2. The number of nitrogens with zero attached hydrogens (tertiary/aromatic N) is 2. The Morgan fingerprint density at radius 3 is 2.04 bits per heavy atom. The third kappa shape index (κ3) is 11.6. The molecule has 0 aromatic rings. The van der Waals surface area contributed by atoms with Crippen LogP contribution in [-0.4, -0.2) is 97.6 Å².